The summed E-state index contributed by atoms with van der Waals surface area (Å²) in [6.07, 6.45) is 0. The van der Waals surface area contributed by atoms with Crippen molar-refractivity contribution in [3.8, 4) is 5.75 Å². The Morgan fingerprint density at radius 3 is 2.58 bits per heavy atom. The lowest BCUT2D eigenvalue weighted by Crippen LogP contribution is -2.24. The number of benzene rings is 2. The number of carbonyl (C=O) groups excluding carboxylic acids is 1. The van der Waals surface area contributed by atoms with E-state index in [-0.39, 0.29) is 10.6 Å². The Hall–Kier alpha value is -2.12. The Balaban J connectivity index is 2.10. The Morgan fingerprint density at radius 2 is 1.92 bits per heavy atom. The van der Waals surface area contributed by atoms with Gasteiger partial charge in [0.25, 0.3) is 0 Å². The number of methoxy groups -OCH3 is 1. The molecule has 0 heterocycles. The number of para-hydroxylation sites is 2. The molecule has 2 rings (SSSR count). The van der Waals surface area contributed by atoms with Crippen LogP contribution in [0.3, 0.4) is 0 Å². The molecule has 0 aromatic heterocycles. The molecule has 0 fully saturated rings. The Morgan fingerprint density at radius 1 is 1.21 bits per heavy atom. The highest BCUT2D eigenvalue weighted by Gasteiger charge is 2.21. The van der Waals surface area contributed by atoms with Crippen LogP contribution >= 0.6 is 11.6 Å². The minimum Gasteiger partial charge on any atom is -0.495 e. The van der Waals surface area contributed by atoms with Gasteiger partial charge in [-0.05, 0) is 24.3 Å². The van der Waals surface area contributed by atoms with E-state index >= 15 is 0 Å². The van der Waals surface area contributed by atoms with Crippen molar-refractivity contribution in [1.29, 1.82) is 0 Å². The lowest BCUT2D eigenvalue weighted by atomic mass is 10.2. The number of carbonyl (C=O) groups is 1. The lowest BCUT2D eigenvalue weighted by molar-refractivity contribution is -0.113. The number of hydrogen-bond acceptors (Lipinski definition) is 4. The highest BCUT2D eigenvalue weighted by atomic mass is 35.5. The van der Waals surface area contributed by atoms with Gasteiger partial charge in [-0.15, -0.1) is 0 Å². The van der Waals surface area contributed by atoms with Gasteiger partial charge in [0.1, 0.15) is 17.3 Å². The smallest absolute Gasteiger partial charge is 0.239 e. The molecule has 0 aliphatic carbocycles. The van der Waals surface area contributed by atoms with E-state index in [0.717, 1.165) is 6.07 Å². The molecule has 0 spiro atoms. The van der Waals surface area contributed by atoms with Crippen LogP contribution in [0.1, 0.15) is 5.56 Å². The maximum Gasteiger partial charge on any atom is 0.239 e. The number of nitrogens with one attached hydrogen (secondary N) is 1. The number of anilines is 1. The van der Waals surface area contributed by atoms with E-state index in [1.807, 2.05) is 0 Å². The van der Waals surface area contributed by atoms with Crippen molar-refractivity contribution in [2.45, 2.75) is 5.75 Å². The molecule has 5 nitrogen and oxygen atoms in total. The fourth-order valence-electron chi connectivity index (χ4n) is 2.08. The first-order chi connectivity index (χ1) is 11.3. The second-order valence-electron chi connectivity index (χ2n) is 4.98. The summed E-state index contributed by atoms with van der Waals surface area (Å²) in [5.74, 6) is -2.52. The summed E-state index contributed by atoms with van der Waals surface area (Å²) in [7, 11) is -2.46. The van der Waals surface area contributed by atoms with Gasteiger partial charge in [0.05, 0.1) is 18.6 Å². The second kappa shape index (κ2) is 7.63. The number of halogens is 2. The molecule has 0 aliphatic heterocycles. The summed E-state index contributed by atoms with van der Waals surface area (Å²) in [4.78, 5) is 12.0. The fraction of sp³-hybridized carbons (Fsp3) is 0.188. The average Bonchev–Trinajstić information content (AvgIpc) is 2.51. The summed E-state index contributed by atoms with van der Waals surface area (Å²) in [6.45, 7) is 0. The number of sulfone groups is 1. The van der Waals surface area contributed by atoms with Crippen LogP contribution in [0.2, 0.25) is 5.02 Å². The van der Waals surface area contributed by atoms with Gasteiger partial charge in [0, 0.05) is 10.6 Å². The van der Waals surface area contributed by atoms with Crippen LogP contribution in [0, 0.1) is 5.82 Å². The SMILES string of the molecule is COc1ccccc1NC(=O)CS(=O)(=O)Cc1c(F)cccc1Cl. The topological polar surface area (TPSA) is 72.5 Å². The number of amides is 1. The molecule has 128 valence electrons. The van der Waals surface area contributed by atoms with Crippen molar-refractivity contribution in [3.05, 3.63) is 58.9 Å². The van der Waals surface area contributed by atoms with E-state index in [9.17, 15) is 17.6 Å². The third-order valence-corrected chi connectivity index (χ3v) is 4.94. The molecule has 0 aliphatic rings. The summed E-state index contributed by atoms with van der Waals surface area (Å²) in [5, 5.41) is 2.47. The molecule has 8 heteroatoms. The zero-order valence-corrected chi connectivity index (χ0v) is 14.3. The Labute approximate surface area is 144 Å². The third kappa shape index (κ3) is 4.69. The van der Waals surface area contributed by atoms with E-state index in [4.69, 9.17) is 16.3 Å². The van der Waals surface area contributed by atoms with E-state index in [0.29, 0.717) is 11.4 Å². The summed E-state index contributed by atoms with van der Waals surface area (Å²) in [5.41, 5.74) is 0.202. The minimum atomic E-state index is -3.90. The number of rotatable bonds is 6. The molecule has 2 aromatic carbocycles. The maximum atomic E-state index is 13.7. The Bertz CT molecular complexity index is 835. The molecule has 0 atom stereocenters. The van der Waals surface area contributed by atoms with Crippen molar-refractivity contribution in [1.82, 2.24) is 0 Å². The molecule has 1 N–H and O–H groups in total. The first-order valence-electron chi connectivity index (χ1n) is 6.88. The van der Waals surface area contributed by atoms with Gasteiger partial charge >= 0.3 is 0 Å². The average molecular weight is 372 g/mol. The summed E-state index contributed by atoms with van der Waals surface area (Å²) in [6, 6.07) is 10.5. The van der Waals surface area contributed by atoms with E-state index < -0.39 is 33.1 Å². The van der Waals surface area contributed by atoms with Crippen LogP contribution in [0.15, 0.2) is 42.5 Å². The van der Waals surface area contributed by atoms with Gasteiger partial charge in [-0.3, -0.25) is 4.79 Å². The van der Waals surface area contributed by atoms with E-state index in [1.54, 1.807) is 24.3 Å². The van der Waals surface area contributed by atoms with E-state index in [1.165, 1.54) is 19.2 Å². The zero-order valence-electron chi connectivity index (χ0n) is 12.8. The standard InChI is InChI=1S/C16H15ClFNO4S/c1-23-15-8-3-2-7-14(15)19-16(20)10-24(21,22)9-11-12(17)5-4-6-13(11)18/h2-8H,9-10H2,1H3,(H,19,20). The normalized spacial score (nSPS) is 11.1. The van der Waals surface area contributed by atoms with Crippen molar-refractivity contribution in [2.24, 2.45) is 0 Å². The molecule has 1 amide bonds. The lowest BCUT2D eigenvalue weighted by Gasteiger charge is -2.11. The first kappa shape index (κ1) is 18.2. The van der Waals surface area contributed by atoms with Crippen LogP contribution in [-0.2, 0) is 20.4 Å². The number of ether oxygens (including phenoxy) is 1. The second-order valence-corrected chi connectivity index (χ2v) is 7.45. The monoisotopic (exact) mass is 371 g/mol. The van der Waals surface area contributed by atoms with Crippen LogP contribution in [0.5, 0.6) is 5.75 Å². The molecular weight excluding hydrogens is 357 g/mol. The van der Waals surface area contributed by atoms with Gasteiger partial charge in [-0.1, -0.05) is 29.8 Å². The highest BCUT2D eigenvalue weighted by molar-refractivity contribution is 7.91. The van der Waals surface area contributed by atoms with Gasteiger partial charge in [-0.2, -0.15) is 0 Å². The molecule has 0 saturated heterocycles. The largest absolute Gasteiger partial charge is 0.495 e. The quantitative estimate of drug-likeness (QED) is 0.847. The summed E-state index contributed by atoms with van der Waals surface area (Å²) < 4.78 is 43.1. The molecule has 0 radical (unpaired) electrons. The van der Waals surface area contributed by atoms with Crippen LogP contribution < -0.4 is 10.1 Å². The maximum absolute atomic E-state index is 13.7. The van der Waals surface area contributed by atoms with Crippen molar-refractivity contribution < 1.29 is 22.3 Å². The van der Waals surface area contributed by atoms with Crippen LogP contribution in [-0.4, -0.2) is 27.2 Å². The van der Waals surface area contributed by atoms with Crippen LogP contribution in [0.4, 0.5) is 10.1 Å². The molecule has 2 aromatic rings. The van der Waals surface area contributed by atoms with Crippen LogP contribution in [0.25, 0.3) is 0 Å². The van der Waals surface area contributed by atoms with Gasteiger partial charge in [0.2, 0.25) is 5.91 Å². The predicted molar refractivity (Wildman–Crippen MR) is 90.5 cm³/mol. The first-order valence-corrected chi connectivity index (χ1v) is 9.08. The fourth-order valence-corrected chi connectivity index (χ4v) is 3.69. The highest BCUT2D eigenvalue weighted by Crippen LogP contribution is 2.24. The van der Waals surface area contributed by atoms with E-state index in [2.05, 4.69) is 5.32 Å². The van der Waals surface area contributed by atoms with Crippen molar-refractivity contribution in [2.75, 3.05) is 18.2 Å². The van der Waals surface area contributed by atoms with Gasteiger partial charge in [0.15, 0.2) is 9.84 Å². The third-order valence-electron chi connectivity index (χ3n) is 3.16. The molecule has 0 saturated carbocycles. The molecule has 0 unspecified atom stereocenters. The molecular formula is C16H15ClFNO4S. The molecule has 24 heavy (non-hydrogen) atoms. The molecule has 0 bridgehead atoms. The number of hydrogen-bond donors (Lipinski definition) is 1. The Kier molecular flexibility index (Phi) is 5.80. The van der Waals surface area contributed by atoms with Crippen molar-refractivity contribution in [3.63, 3.8) is 0 Å². The van der Waals surface area contributed by atoms with Crippen molar-refractivity contribution >= 4 is 33.0 Å². The van der Waals surface area contributed by atoms with Gasteiger partial charge < -0.3 is 10.1 Å². The van der Waals surface area contributed by atoms with Gasteiger partial charge in [-0.25, -0.2) is 12.8 Å². The minimum absolute atomic E-state index is 0.00344. The zero-order chi connectivity index (χ0) is 17.7. The predicted octanol–water partition coefficient (Wildman–Crippen LogP) is 3.04. The summed E-state index contributed by atoms with van der Waals surface area (Å²) >= 11 is 5.82.